The molecule has 2 N–H and O–H groups in total. The number of hydrogen-bond acceptors (Lipinski definition) is 5. The molecule has 1 amide bonds. The first-order valence-electron chi connectivity index (χ1n) is 7.99. The van der Waals surface area contributed by atoms with Crippen LogP contribution in [-0.2, 0) is 11.3 Å². The topological polar surface area (TPSA) is 86.3 Å². The highest BCUT2D eigenvalue weighted by Crippen LogP contribution is 2.24. The van der Waals surface area contributed by atoms with Crippen molar-refractivity contribution in [3.63, 3.8) is 0 Å². The Morgan fingerprint density at radius 1 is 1.46 bits per heavy atom. The first kappa shape index (κ1) is 16.5. The maximum Gasteiger partial charge on any atom is 0.410 e. The van der Waals surface area contributed by atoms with E-state index < -0.39 is 11.4 Å². The molecule has 1 fully saturated rings. The molecule has 0 aliphatic carbocycles. The molecule has 8 heteroatoms. The molecule has 1 aliphatic rings. The number of likely N-dealkylation sites (tertiary alicyclic amines) is 1. The summed E-state index contributed by atoms with van der Waals surface area (Å²) < 4.78 is 20.7. The smallest absolute Gasteiger partial charge is 0.410 e. The number of nitrogens with two attached hydrogens (primary N) is 1. The molecule has 1 aromatic heterocycles. The second kappa shape index (κ2) is 5.92. The molecule has 1 atom stereocenters. The van der Waals surface area contributed by atoms with E-state index in [1.165, 1.54) is 12.1 Å². The number of carbonyl (C=O) groups is 1. The SMILES string of the molecule is CC(C)(C)OC(=O)N1CCC(Cn2nnc3cc(N)c(F)cc32)C1. The lowest BCUT2D eigenvalue weighted by atomic mass is 10.1. The van der Waals surface area contributed by atoms with Crippen molar-refractivity contribution >= 4 is 22.8 Å². The third-order valence-corrected chi connectivity index (χ3v) is 4.00. The van der Waals surface area contributed by atoms with Crippen molar-refractivity contribution in [2.24, 2.45) is 5.92 Å². The quantitative estimate of drug-likeness (QED) is 0.852. The molecule has 2 aromatic rings. The zero-order valence-corrected chi connectivity index (χ0v) is 14.1. The monoisotopic (exact) mass is 335 g/mol. The van der Waals surface area contributed by atoms with Crippen molar-refractivity contribution in [1.82, 2.24) is 19.9 Å². The number of benzene rings is 1. The second-order valence-electron chi connectivity index (χ2n) is 7.22. The maximum absolute atomic E-state index is 13.7. The highest BCUT2D eigenvalue weighted by Gasteiger charge is 2.30. The lowest BCUT2D eigenvalue weighted by molar-refractivity contribution is 0.0287. The van der Waals surface area contributed by atoms with Crippen LogP contribution in [0.4, 0.5) is 14.9 Å². The average Bonchev–Trinajstić information content (AvgIpc) is 3.07. The Balaban J connectivity index is 1.68. The van der Waals surface area contributed by atoms with Gasteiger partial charge in [0.25, 0.3) is 0 Å². The Morgan fingerprint density at radius 3 is 2.92 bits per heavy atom. The van der Waals surface area contributed by atoms with E-state index in [0.29, 0.717) is 30.7 Å². The molecule has 2 heterocycles. The van der Waals surface area contributed by atoms with Crippen molar-refractivity contribution in [2.75, 3.05) is 18.8 Å². The number of fused-ring (bicyclic) bond motifs is 1. The number of halogens is 1. The number of hydrogen-bond donors (Lipinski definition) is 1. The van der Waals surface area contributed by atoms with Gasteiger partial charge in [-0.15, -0.1) is 5.10 Å². The molecule has 130 valence electrons. The van der Waals surface area contributed by atoms with Crippen LogP contribution in [0.1, 0.15) is 27.2 Å². The van der Waals surface area contributed by atoms with Gasteiger partial charge >= 0.3 is 6.09 Å². The van der Waals surface area contributed by atoms with Crippen LogP contribution in [0.15, 0.2) is 12.1 Å². The van der Waals surface area contributed by atoms with Gasteiger partial charge in [0.2, 0.25) is 0 Å². The van der Waals surface area contributed by atoms with Crippen LogP contribution in [0.3, 0.4) is 0 Å². The van der Waals surface area contributed by atoms with E-state index >= 15 is 0 Å². The summed E-state index contributed by atoms with van der Waals surface area (Å²) >= 11 is 0. The first-order valence-corrected chi connectivity index (χ1v) is 7.99. The molecule has 0 bridgehead atoms. The fourth-order valence-corrected chi connectivity index (χ4v) is 2.86. The van der Waals surface area contributed by atoms with Gasteiger partial charge < -0.3 is 15.4 Å². The minimum absolute atomic E-state index is 0.0616. The van der Waals surface area contributed by atoms with Crippen LogP contribution >= 0.6 is 0 Å². The van der Waals surface area contributed by atoms with E-state index in [4.69, 9.17) is 10.5 Å². The van der Waals surface area contributed by atoms with Crippen molar-refractivity contribution in [1.29, 1.82) is 0 Å². The maximum atomic E-state index is 13.7. The molecule has 1 saturated heterocycles. The van der Waals surface area contributed by atoms with Crippen LogP contribution in [-0.4, -0.2) is 44.7 Å². The summed E-state index contributed by atoms with van der Waals surface area (Å²) in [5.41, 5.74) is 6.28. The van der Waals surface area contributed by atoms with Gasteiger partial charge in [0.05, 0.1) is 11.2 Å². The molecule has 24 heavy (non-hydrogen) atoms. The predicted molar refractivity (Wildman–Crippen MR) is 87.8 cm³/mol. The zero-order chi connectivity index (χ0) is 17.5. The Morgan fingerprint density at radius 2 is 2.21 bits per heavy atom. The standard InChI is InChI=1S/C16H22FN5O2/c1-16(2,3)24-15(23)21-5-4-10(8-21)9-22-14-6-11(17)12(18)7-13(14)19-20-22/h6-7,10H,4-5,8-9,18H2,1-3H3. The summed E-state index contributed by atoms with van der Waals surface area (Å²) in [5.74, 6) is -0.254. The Hall–Kier alpha value is -2.38. The third-order valence-electron chi connectivity index (χ3n) is 4.00. The Kier molecular flexibility index (Phi) is 4.06. The summed E-state index contributed by atoms with van der Waals surface area (Å²) in [7, 11) is 0. The molecule has 7 nitrogen and oxygen atoms in total. The summed E-state index contributed by atoms with van der Waals surface area (Å²) in [6.45, 7) is 7.35. The van der Waals surface area contributed by atoms with Gasteiger partial charge in [0.15, 0.2) is 0 Å². The molecule has 0 spiro atoms. The molecule has 0 saturated carbocycles. The molecule has 0 radical (unpaired) electrons. The van der Waals surface area contributed by atoms with Gasteiger partial charge in [-0.1, -0.05) is 5.21 Å². The number of ether oxygens (including phenoxy) is 1. The number of nitrogens with zero attached hydrogens (tertiary/aromatic N) is 4. The van der Waals surface area contributed by atoms with Crippen LogP contribution in [0.5, 0.6) is 0 Å². The minimum atomic E-state index is -0.505. The fourth-order valence-electron chi connectivity index (χ4n) is 2.86. The molecule has 1 aromatic carbocycles. The van der Waals surface area contributed by atoms with Gasteiger partial charge in [-0.25, -0.2) is 13.9 Å². The molecular weight excluding hydrogens is 313 g/mol. The summed E-state index contributed by atoms with van der Waals surface area (Å²) in [4.78, 5) is 13.8. The van der Waals surface area contributed by atoms with E-state index in [2.05, 4.69) is 10.3 Å². The van der Waals surface area contributed by atoms with Gasteiger partial charge in [-0.3, -0.25) is 0 Å². The number of nitrogen functional groups attached to an aromatic ring is 1. The zero-order valence-electron chi connectivity index (χ0n) is 14.1. The summed E-state index contributed by atoms with van der Waals surface area (Å²) in [6, 6.07) is 2.83. The number of rotatable bonds is 2. The molecular formula is C16H22FN5O2. The van der Waals surface area contributed by atoms with Gasteiger partial charge in [-0.2, -0.15) is 0 Å². The molecule has 1 aliphatic heterocycles. The Bertz CT molecular complexity index is 768. The average molecular weight is 335 g/mol. The van der Waals surface area contributed by atoms with Gasteiger partial charge in [-0.05, 0) is 39.2 Å². The van der Waals surface area contributed by atoms with E-state index in [0.717, 1.165) is 6.42 Å². The minimum Gasteiger partial charge on any atom is -0.444 e. The number of aromatic nitrogens is 3. The number of carbonyl (C=O) groups excluding carboxylic acids is 1. The van der Waals surface area contributed by atoms with Crippen molar-refractivity contribution in [3.05, 3.63) is 17.9 Å². The van der Waals surface area contributed by atoms with Crippen molar-refractivity contribution < 1.29 is 13.9 Å². The number of anilines is 1. The van der Waals surface area contributed by atoms with Gasteiger partial charge in [0.1, 0.15) is 16.9 Å². The molecule has 3 rings (SSSR count). The largest absolute Gasteiger partial charge is 0.444 e. The van der Waals surface area contributed by atoms with E-state index in [1.54, 1.807) is 9.58 Å². The number of amides is 1. The third kappa shape index (κ3) is 3.42. The lowest BCUT2D eigenvalue weighted by Gasteiger charge is -2.24. The van der Waals surface area contributed by atoms with Crippen molar-refractivity contribution in [3.8, 4) is 0 Å². The lowest BCUT2D eigenvalue weighted by Crippen LogP contribution is -2.35. The Labute approximate surface area is 139 Å². The first-order chi connectivity index (χ1) is 11.2. The van der Waals surface area contributed by atoms with Crippen LogP contribution in [0.2, 0.25) is 0 Å². The normalized spacial score (nSPS) is 18.3. The fraction of sp³-hybridized carbons (Fsp3) is 0.562. The highest BCUT2D eigenvalue weighted by atomic mass is 19.1. The highest BCUT2D eigenvalue weighted by molar-refractivity contribution is 5.78. The van der Waals surface area contributed by atoms with Gasteiger partial charge in [0, 0.05) is 25.7 Å². The van der Waals surface area contributed by atoms with E-state index in [9.17, 15) is 9.18 Å². The second-order valence-corrected chi connectivity index (χ2v) is 7.22. The van der Waals surface area contributed by atoms with Crippen molar-refractivity contribution in [2.45, 2.75) is 39.3 Å². The summed E-state index contributed by atoms with van der Waals surface area (Å²) in [5, 5.41) is 8.11. The van der Waals surface area contributed by atoms with Crippen LogP contribution < -0.4 is 5.73 Å². The molecule has 1 unspecified atom stereocenters. The van der Waals surface area contributed by atoms with Crippen LogP contribution in [0.25, 0.3) is 11.0 Å². The van der Waals surface area contributed by atoms with Crippen LogP contribution in [0, 0.1) is 11.7 Å². The van der Waals surface area contributed by atoms with E-state index in [-0.39, 0.29) is 17.7 Å². The van der Waals surface area contributed by atoms with E-state index in [1.807, 2.05) is 20.8 Å². The summed E-state index contributed by atoms with van der Waals surface area (Å²) in [6.07, 6.45) is 0.546. The predicted octanol–water partition coefficient (Wildman–Crippen LogP) is 2.41.